The van der Waals surface area contributed by atoms with Crippen molar-refractivity contribution in [2.45, 2.75) is 45.2 Å². The van der Waals surface area contributed by atoms with Crippen LogP contribution in [0.4, 0.5) is 0 Å². The molecular formula is C21H34N2O3. The molecule has 0 radical (unpaired) electrons. The Morgan fingerprint density at radius 2 is 1.65 bits per heavy atom. The Morgan fingerprint density at radius 1 is 0.923 bits per heavy atom. The van der Waals surface area contributed by atoms with Gasteiger partial charge in [-0.1, -0.05) is 25.8 Å². The van der Waals surface area contributed by atoms with E-state index in [1.807, 2.05) is 6.07 Å². The Morgan fingerprint density at radius 3 is 2.27 bits per heavy atom. The van der Waals surface area contributed by atoms with E-state index in [2.05, 4.69) is 22.8 Å². The zero-order valence-corrected chi connectivity index (χ0v) is 16.8. The number of ether oxygens (including phenoxy) is 3. The lowest BCUT2D eigenvalue weighted by Crippen LogP contribution is -2.50. The molecule has 2 aliphatic rings. The van der Waals surface area contributed by atoms with Gasteiger partial charge in [0.05, 0.1) is 21.3 Å². The first-order valence-corrected chi connectivity index (χ1v) is 9.90. The predicted molar refractivity (Wildman–Crippen MR) is 104 cm³/mol. The Kier molecular flexibility index (Phi) is 6.65. The molecule has 1 aromatic carbocycles. The van der Waals surface area contributed by atoms with Crippen LogP contribution in [0, 0.1) is 5.92 Å². The lowest BCUT2D eigenvalue weighted by molar-refractivity contribution is 0.0655. The van der Waals surface area contributed by atoms with Gasteiger partial charge in [0.2, 0.25) is 5.75 Å². The van der Waals surface area contributed by atoms with E-state index in [1.165, 1.54) is 38.8 Å². The molecule has 0 unspecified atom stereocenters. The van der Waals surface area contributed by atoms with Crippen LogP contribution in [0.1, 0.15) is 38.2 Å². The molecule has 1 aliphatic heterocycles. The first-order chi connectivity index (χ1) is 12.7. The minimum atomic E-state index is 0.683. The van der Waals surface area contributed by atoms with Crippen molar-refractivity contribution in [2.24, 2.45) is 5.92 Å². The fourth-order valence-corrected chi connectivity index (χ4v) is 4.55. The van der Waals surface area contributed by atoms with Crippen LogP contribution in [-0.2, 0) is 6.54 Å². The van der Waals surface area contributed by atoms with Gasteiger partial charge in [-0.3, -0.25) is 9.80 Å². The van der Waals surface area contributed by atoms with Crippen molar-refractivity contribution in [3.63, 3.8) is 0 Å². The van der Waals surface area contributed by atoms with Gasteiger partial charge in [0.1, 0.15) is 0 Å². The number of piperazine rings is 1. The average molecular weight is 363 g/mol. The number of hydrogen-bond donors (Lipinski definition) is 0. The van der Waals surface area contributed by atoms with Crippen LogP contribution in [0.3, 0.4) is 0 Å². The van der Waals surface area contributed by atoms with Crippen molar-refractivity contribution in [3.05, 3.63) is 17.7 Å². The molecular weight excluding hydrogens is 328 g/mol. The topological polar surface area (TPSA) is 34.2 Å². The lowest BCUT2D eigenvalue weighted by atomic mass is 9.86. The van der Waals surface area contributed by atoms with E-state index < -0.39 is 0 Å². The summed E-state index contributed by atoms with van der Waals surface area (Å²) in [5.41, 5.74) is 1.16. The highest BCUT2D eigenvalue weighted by atomic mass is 16.5. The second kappa shape index (κ2) is 8.96. The monoisotopic (exact) mass is 362 g/mol. The lowest BCUT2D eigenvalue weighted by Gasteiger charge is -2.42. The number of methoxy groups -OCH3 is 3. The van der Waals surface area contributed by atoms with Crippen molar-refractivity contribution >= 4 is 0 Å². The summed E-state index contributed by atoms with van der Waals surface area (Å²) in [6, 6.07) is 4.86. The summed E-state index contributed by atoms with van der Waals surface area (Å²) < 4.78 is 16.5. The normalized spacial score (nSPS) is 25.1. The Labute approximate surface area is 158 Å². The van der Waals surface area contributed by atoms with Gasteiger partial charge in [-0.15, -0.1) is 0 Å². The fraction of sp³-hybridized carbons (Fsp3) is 0.714. The standard InChI is InChI=1S/C21H34N2O3/c1-16-6-5-7-18(14-16)23-12-10-22(11-13-23)15-17-8-9-19(24-2)21(26-4)20(17)25-3/h8-9,16,18H,5-7,10-15H2,1-4H3/t16-,18+/m0/s1. The molecule has 1 aromatic rings. The summed E-state index contributed by atoms with van der Waals surface area (Å²) in [5, 5.41) is 0. The van der Waals surface area contributed by atoms with E-state index in [1.54, 1.807) is 21.3 Å². The summed E-state index contributed by atoms with van der Waals surface area (Å²) in [6.07, 6.45) is 5.57. The second-order valence-electron chi connectivity index (χ2n) is 7.73. The SMILES string of the molecule is COc1ccc(CN2CCN([C@@H]3CCC[C@H](C)C3)CC2)c(OC)c1OC. The molecule has 1 saturated heterocycles. The number of nitrogens with zero attached hydrogens (tertiary/aromatic N) is 2. The molecule has 5 nitrogen and oxygen atoms in total. The predicted octanol–water partition coefficient (Wildman–Crippen LogP) is 3.41. The molecule has 146 valence electrons. The summed E-state index contributed by atoms with van der Waals surface area (Å²) >= 11 is 0. The molecule has 1 heterocycles. The molecule has 3 rings (SSSR count). The van der Waals surface area contributed by atoms with Gasteiger partial charge in [-0.2, -0.15) is 0 Å². The van der Waals surface area contributed by atoms with Gasteiger partial charge in [0, 0.05) is 44.3 Å². The molecule has 26 heavy (non-hydrogen) atoms. The largest absolute Gasteiger partial charge is 0.493 e. The zero-order valence-electron chi connectivity index (χ0n) is 16.8. The van der Waals surface area contributed by atoms with E-state index in [9.17, 15) is 0 Å². The van der Waals surface area contributed by atoms with Crippen molar-refractivity contribution in [2.75, 3.05) is 47.5 Å². The molecule has 0 bridgehead atoms. The first-order valence-electron chi connectivity index (χ1n) is 9.90. The van der Waals surface area contributed by atoms with E-state index in [0.29, 0.717) is 11.5 Å². The van der Waals surface area contributed by atoms with Gasteiger partial charge < -0.3 is 14.2 Å². The summed E-state index contributed by atoms with van der Waals surface area (Å²) in [7, 11) is 5.01. The van der Waals surface area contributed by atoms with Gasteiger partial charge in [0.15, 0.2) is 11.5 Å². The van der Waals surface area contributed by atoms with E-state index >= 15 is 0 Å². The molecule has 5 heteroatoms. The summed E-state index contributed by atoms with van der Waals surface area (Å²) in [6.45, 7) is 7.87. The molecule has 1 aliphatic carbocycles. The van der Waals surface area contributed by atoms with Crippen molar-refractivity contribution in [3.8, 4) is 17.2 Å². The maximum Gasteiger partial charge on any atom is 0.203 e. The Hall–Kier alpha value is -1.46. The zero-order chi connectivity index (χ0) is 18.5. The van der Waals surface area contributed by atoms with E-state index in [-0.39, 0.29) is 0 Å². The maximum absolute atomic E-state index is 5.64. The molecule has 0 amide bonds. The van der Waals surface area contributed by atoms with Gasteiger partial charge in [0.25, 0.3) is 0 Å². The third-order valence-corrected chi connectivity index (χ3v) is 6.01. The maximum atomic E-state index is 5.64. The number of hydrogen-bond acceptors (Lipinski definition) is 5. The van der Waals surface area contributed by atoms with Crippen LogP contribution < -0.4 is 14.2 Å². The van der Waals surface area contributed by atoms with Gasteiger partial charge >= 0.3 is 0 Å². The van der Waals surface area contributed by atoms with Crippen LogP contribution in [0.5, 0.6) is 17.2 Å². The van der Waals surface area contributed by atoms with Crippen LogP contribution in [0.2, 0.25) is 0 Å². The number of rotatable bonds is 6. The van der Waals surface area contributed by atoms with Gasteiger partial charge in [-0.05, 0) is 24.8 Å². The summed E-state index contributed by atoms with van der Waals surface area (Å²) in [4.78, 5) is 5.24. The van der Waals surface area contributed by atoms with Crippen LogP contribution in [-0.4, -0.2) is 63.4 Å². The smallest absolute Gasteiger partial charge is 0.203 e. The quantitative estimate of drug-likeness (QED) is 0.775. The molecule has 2 fully saturated rings. The van der Waals surface area contributed by atoms with Crippen LogP contribution in [0.15, 0.2) is 12.1 Å². The highest BCUT2D eigenvalue weighted by Crippen LogP contribution is 2.40. The number of benzene rings is 1. The molecule has 0 aromatic heterocycles. The highest BCUT2D eigenvalue weighted by molar-refractivity contribution is 5.55. The molecule has 2 atom stereocenters. The van der Waals surface area contributed by atoms with Crippen LogP contribution >= 0.6 is 0 Å². The third-order valence-electron chi connectivity index (χ3n) is 6.01. The Bertz CT molecular complexity index is 585. The summed E-state index contributed by atoms with van der Waals surface area (Å²) in [5.74, 6) is 3.07. The van der Waals surface area contributed by atoms with Crippen molar-refractivity contribution in [1.29, 1.82) is 0 Å². The van der Waals surface area contributed by atoms with E-state index in [0.717, 1.165) is 42.9 Å². The minimum Gasteiger partial charge on any atom is -0.493 e. The van der Waals surface area contributed by atoms with E-state index in [4.69, 9.17) is 14.2 Å². The van der Waals surface area contributed by atoms with Crippen molar-refractivity contribution in [1.82, 2.24) is 9.80 Å². The van der Waals surface area contributed by atoms with Crippen molar-refractivity contribution < 1.29 is 14.2 Å². The highest BCUT2D eigenvalue weighted by Gasteiger charge is 2.28. The first kappa shape index (κ1) is 19.3. The average Bonchev–Trinajstić information content (AvgIpc) is 2.68. The Balaban J connectivity index is 1.61. The molecule has 1 saturated carbocycles. The minimum absolute atomic E-state index is 0.683. The second-order valence-corrected chi connectivity index (χ2v) is 7.73. The van der Waals surface area contributed by atoms with Gasteiger partial charge in [-0.25, -0.2) is 0 Å². The van der Waals surface area contributed by atoms with Crippen LogP contribution in [0.25, 0.3) is 0 Å². The molecule has 0 spiro atoms. The third kappa shape index (κ3) is 4.26. The fourth-order valence-electron chi connectivity index (χ4n) is 4.55. The molecule has 0 N–H and O–H groups in total.